The van der Waals surface area contributed by atoms with E-state index < -0.39 is 17.6 Å². The van der Waals surface area contributed by atoms with Crippen molar-refractivity contribution in [3.63, 3.8) is 0 Å². The highest BCUT2D eigenvalue weighted by Crippen LogP contribution is 2.18. The minimum atomic E-state index is -0.730. The van der Waals surface area contributed by atoms with E-state index in [1.165, 1.54) is 18.2 Å². The second-order valence-electron chi connectivity index (χ2n) is 4.16. The molecule has 2 aromatic carbocycles. The fourth-order valence-electron chi connectivity index (χ4n) is 1.64. The number of hydrogen-bond acceptors (Lipinski definition) is 4. The van der Waals surface area contributed by atoms with Crippen LogP contribution in [0.5, 0.6) is 0 Å². The summed E-state index contributed by atoms with van der Waals surface area (Å²) in [5.74, 6) is -1.99. The molecule has 2 rings (SSSR count). The maximum atomic E-state index is 13.4. The fraction of sp³-hybridized carbons (Fsp3) is 0.0714. The molecule has 20 heavy (non-hydrogen) atoms. The van der Waals surface area contributed by atoms with Crippen molar-refractivity contribution in [2.45, 2.75) is 6.61 Å². The van der Waals surface area contributed by atoms with Gasteiger partial charge in [-0.15, -0.1) is 0 Å². The van der Waals surface area contributed by atoms with Gasteiger partial charge in [0.05, 0.1) is 5.56 Å². The van der Waals surface area contributed by atoms with E-state index in [2.05, 4.69) is 0 Å². The van der Waals surface area contributed by atoms with Crippen LogP contribution in [-0.4, -0.2) is 5.97 Å². The molecular formula is C14H12F2N2O2. The average molecular weight is 278 g/mol. The first-order valence-corrected chi connectivity index (χ1v) is 5.73. The van der Waals surface area contributed by atoms with Gasteiger partial charge in [0.15, 0.2) is 0 Å². The first-order chi connectivity index (χ1) is 9.47. The number of benzene rings is 2. The first-order valence-electron chi connectivity index (χ1n) is 5.73. The molecule has 0 unspecified atom stereocenters. The molecule has 0 fully saturated rings. The Hall–Kier alpha value is -2.63. The molecule has 4 nitrogen and oxygen atoms in total. The number of halogens is 2. The number of carbonyl (C=O) groups is 1. The molecule has 2 aromatic rings. The van der Waals surface area contributed by atoms with Crippen LogP contribution in [-0.2, 0) is 11.3 Å². The second-order valence-corrected chi connectivity index (χ2v) is 4.16. The normalized spacial score (nSPS) is 10.3. The Labute approximate surface area is 114 Å². The molecule has 0 aliphatic carbocycles. The van der Waals surface area contributed by atoms with Gasteiger partial charge in [-0.1, -0.05) is 0 Å². The predicted octanol–water partition coefficient (Wildman–Crippen LogP) is 2.49. The molecule has 4 N–H and O–H groups in total. The molecule has 0 saturated carbocycles. The predicted molar refractivity (Wildman–Crippen MR) is 70.7 cm³/mol. The van der Waals surface area contributed by atoms with Crippen molar-refractivity contribution in [3.05, 3.63) is 59.2 Å². The standard InChI is InChI=1S/C14H12F2N2O2/c15-9-1-4-12(16)8(5-9)7-20-14(19)11-3-2-10(17)6-13(11)18/h1-6H,7,17-18H2. The number of nitrogen functional groups attached to an aromatic ring is 2. The molecule has 0 aliphatic heterocycles. The van der Waals surface area contributed by atoms with Gasteiger partial charge in [0.1, 0.15) is 18.2 Å². The lowest BCUT2D eigenvalue weighted by Crippen LogP contribution is -2.09. The Morgan fingerprint density at radius 1 is 1.10 bits per heavy atom. The van der Waals surface area contributed by atoms with E-state index in [0.29, 0.717) is 5.69 Å². The number of ether oxygens (including phenoxy) is 1. The van der Waals surface area contributed by atoms with E-state index in [9.17, 15) is 13.6 Å². The lowest BCUT2D eigenvalue weighted by molar-refractivity contribution is 0.0470. The van der Waals surface area contributed by atoms with Crippen LogP contribution in [0.25, 0.3) is 0 Å². The summed E-state index contributed by atoms with van der Waals surface area (Å²) in [5, 5.41) is 0. The van der Waals surface area contributed by atoms with Crippen LogP contribution in [0.4, 0.5) is 20.2 Å². The monoisotopic (exact) mass is 278 g/mol. The summed E-state index contributed by atoms with van der Waals surface area (Å²) in [6.45, 7) is -0.383. The highest BCUT2D eigenvalue weighted by atomic mass is 19.1. The zero-order valence-corrected chi connectivity index (χ0v) is 10.4. The van der Waals surface area contributed by atoms with Crippen LogP contribution >= 0.6 is 0 Å². The Bertz CT molecular complexity index is 660. The number of rotatable bonds is 3. The Balaban J connectivity index is 2.10. The SMILES string of the molecule is Nc1ccc(C(=O)OCc2cc(F)ccc2F)c(N)c1. The van der Waals surface area contributed by atoms with E-state index in [4.69, 9.17) is 16.2 Å². The molecule has 0 spiro atoms. The van der Waals surface area contributed by atoms with Crippen molar-refractivity contribution >= 4 is 17.3 Å². The van der Waals surface area contributed by atoms with Crippen molar-refractivity contribution < 1.29 is 18.3 Å². The van der Waals surface area contributed by atoms with Gasteiger partial charge in [0.2, 0.25) is 0 Å². The summed E-state index contributed by atoms with van der Waals surface area (Å²) in [5.41, 5.74) is 11.8. The largest absolute Gasteiger partial charge is 0.457 e. The molecule has 0 heterocycles. The summed E-state index contributed by atoms with van der Waals surface area (Å²) in [6, 6.07) is 7.24. The van der Waals surface area contributed by atoms with E-state index >= 15 is 0 Å². The smallest absolute Gasteiger partial charge is 0.340 e. The maximum absolute atomic E-state index is 13.4. The zero-order chi connectivity index (χ0) is 14.7. The molecule has 0 saturated heterocycles. The molecule has 0 radical (unpaired) electrons. The lowest BCUT2D eigenvalue weighted by atomic mass is 10.1. The van der Waals surface area contributed by atoms with Gasteiger partial charge in [-0.25, -0.2) is 13.6 Å². The summed E-state index contributed by atoms with van der Waals surface area (Å²) >= 11 is 0. The van der Waals surface area contributed by atoms with Crippen LogP contribution in [0.3, 0.4) is 0 Å². The molecule has 0 aromatic heterocycles. The third-order valence-electron chi connectivity index (χ3n) is 2.66. The Morgan fingerprint density at radius 3 is 2.55 bits per heavy atom. The molecule has 104 valence electrons. The average Bonchev–Trinajstić information content (AvgIpc) is 2.39. The first kappa shape index (κ1) is 13.8. The summed E-state index contributed by atoms with van der Waals surface area (Å²) in [4.78, 5) is 11.8. The topological polar surface area (TPSA) is 78.3 Å². The third kappa shape index (κ3) is 3.03. The van der Waals surface area contributed by atoms with Crippen molar-refractivity contribution in [2.24, 2.45) is 0 Å². The number of nitrogens with two attached hydrogens (primary N) is 2. The van der Waals surface area contributed by atoms with Gasteiger partial charge in [-0.2, -0.15) is 0 Å². The van der Waals surface area contributed by atoms with Gasteiger partial charge >= 0.3 is 5.97 Å². The third-order valence-corrected chi connectivity index (χ3v) is 2.66. The van der Waals surface area contributed by atoms with E-state index in [0.717, 1.165) is 18.2 Å². The van der Waals surface area contributed by atoms with Gasteiger partial charge in [0, 0.05) is 16.9 Å². The minimum absolute atomic E-state index is 0.0487. The van der Waals surface area contributed by atoms with Crippen LogP contribution < -0.4 is 11.5 Å². The molecule has 0 bridgehead atoms. The van der Waals surface area contributed by atoms with E-state index in [-0.39, 0.29) is 23.4 Å². The zero-order valence-electron chi connectivity index (χ0n) is 10.4. The molecule has 0 amide bonds. The van der Waals surface area contributed by atoms with Crippen LogP contribution in [0.1, 0.15) is 15.9 Å². The maximum Gasteiger partial charge on any atom is 0.340 e. The Kier molecular flexibility index (Phi) is 3.84. The van der Waals surface area contributed by atoms with Gasteiger partial charge in [-0.05, 0) is 36.4 Å². The lowest BCUT2D eigenvalue weighted by Gasteiger charge is -2.08. The molecule has 0 atom stereocenters. The number of hydrogen-bond donors (Lipinski definition) is 2. The van der Waals surface area contributed by atoms with Crippen molar-refractivity contribution in [1.29, 1.82) is 0 Å². The van der Waals surface area contributed by atoms with Crippen LogP contribution in [0.15, 0.2) is 36.4 Å². The number of anilines is 2. The Morgan fingerprint density at radius 2 is 1.85 bits per heavy atom. The van der Waals surface area contributed by atoms with Crippen LogP contribution in [0, 0.1) is 11.6 Å². The highest BCUT2D eigenvalue weighted by Gasteiger charge is 2.13. The number of esters is 1. The van der Waals surface area contributed by atoms with Gasteiger partial charge < -0.3 is 16.2 Å². The van der Waals surface area contributed by atoms with E-state index in [1.54, 1.807) is 0 Å². The highest BCUT2D eigenvalue weighted by molar-refractivity contribution is 5.95. The van der Waals surface area contributed by atoms with Crippen LogP contribution in [0.2, 0.25) is 0 Å². The van der Waals surface area contributed by atoms with Gasteiger partial charge in [0.25, 0.3) is 0 Å². The quantitative estimate of drug-likeness (QED) is 0.668. The molecule has 0 aliphatic rings. The molecular weight excluding hydrogens is 266 g/mol. The number of carbonyl (C=O) groups excluding carboxylic acids is 1. The summed E-state index contributed by atoms with van der Waals surface area (Å²) < 4.78 is 31.2. The fourth-order valence-corrected chi connectivity index (χ4v) is 1.64. The van der Waals surface area contributed by atoms with Crippen molar-refractivity contribution in [1.82, 2.24) is 0 Å². The second kappa shape index (κ2) is 5.56. The summed E-state index contributed by atoms with van der Waals surface area (Å²) in [6.07, 6.45) is 0. The van der Waals surface area contributed by atoms with Crippen molar-refractivity contribution in [2.75, 3.05) is 11.5 Å². The summed E-state index contributed by atoms with van der Waals surface area (Å²) in [7, 11) is 0. The molecule has 6 heteroatoms. The van der Waals surface area contributed by atoms with Crippen molar-refractivity contribution in [3.8, 4) is 0 Å². The minimum Gasteiger partial charge on any atom is -0.457 e. The van der Waals surface area contributed by atoms with E-state index in [1.807, 2.05) is 0 Å². The van der Waals surface area contributed by atoms with Gasteiger partial charge in [-0.3, -0.25) is 0 Å².